The van der Waals surface area contributed by atoms with Crippen LogP contribution >= 0.6 is 0 Å². The lowest BCUT2D eigenvalue weighted by molar-refractivity contribution is -0.265. The van der Waals surface area contributed by atoms with Crippen LogP contribution in [0.25, 0.3) is 0 Å². The van der Waals surface area contributed by atoms with E-state index < -0.39 is 35.9 Å². The Hall–Kier alpha value is -1.74. The smallest absolute Gasteiger partial charge is 0.418 e. The Bertz CT molecular complexity index is 605. The first-order valence-corrected chi connectivity index (χ1v) is 6.77. The standard InChI is InChI=1S/C16H16F4O2/c1-3-6-15(21,16(18,19)20)10-14(2)7-8-22-13-5-4-11(17)9-12(13)14/h1,4-5,9,21H,6-8,10H2,2H3. The van der Waals surface area contributed by atoms with Crippen molar-refractivity contribution in [3.8, 4) is 18.1 Å². The summed E-state index contributed by atoms with van der Waals surface area (Å²) in [6.45, 7) is 1.75. The van der Waals surface area contributed by atoms with Gasteiger partial charge < -0.3 is 9.84 Å². The lowest BCUT2D eigenvalue weighted by atomic mass is 9.69. The van der Waals surface area contributed by atoms with Crippen LogP contribution in [0.3, 0.4) is 0 Å². The van der Waals surface area contributed by atoms with Crippen LogP contribution in [-0.4, -0.2) is 23.5 Å². The highest BCUT2D eigenvalue weighted by molar-refractivity contribution is 5.42. The minimum Gasteiger partial charge on any atom is -0.493 e. The third-order valence-electron chi connectivity index (χ3n) is 4.11. The number of rotatable bonds is 3. The molecule has 0 fully saturated rings. The van der Waals surface area contributed by atoms with Crippen LogP contribution in [0.1, 0.15) is 31.7 Å². The van der Waals surface area contributed by atoms with Crippen molar-refractivity contribution in [2.75, 3.05) is 6.61 Å². The molecule has 1 aromatic carbocycles. The lowest BCUT2D eigenvalue weighted by Crippen LogP contribution is -2.50. The maximum atomic E-state index is 13.5. The fraction of sp³-hybridized carbons (Fsp3) is 0.500. The number of ether oxygens (including phenoxy) is 1. The summed E-state index contributed by atoms with van der Waals surface area (Å²) < 4.78 is 58.5. The lowest BCUT2D eigenvalue weighted by Gasteiger charge is -2.41. The van der Waals surface area contributed by atoms with Gasteiger partial charge in [0.2, 0.25) is 0 Å². The third-order valence-corrected chi connectivity index (χ3v) is 4.11. The van der Waals surface area contributed by atoms with Gasteiger partial charge in [-0.3, -0.25) is 0 Å². The first-order valence-electron chi connectivity index (χ1n) is 6.77. The van der Waals surface area contributed by atoms with Crippen molar-refractivity contribution < 1.29 is 27.4 Å². The van der Waals surface area contributed by atoms with Gasteiger partial charge in [-0.05, 0) is 31.0 Å². The van der Waals surface area contributed by atoms with Gasteiger partial charge in [0, 0.05) is 17.4 Å². The van der Waals surface area contributed by atoms with Crippen molar-refractivity contribution >= 4 is 0 Å². The minimum absolute atomic E-state index is 0.194. The highest BCUT2D eigenvalue weighted by Crippen LogP contribution is 2.48. The summed E-state index contributed by atoms with van der Waals surface area (Å²) in [5.74, 6) is 1.65. The SMILES string of the molecule is C#CCC(O)(CC1(C)CCOc2ccc(F)cc21)C(F)(F)F. The van der Waals surface area contributed by atoms with E-state index in [0.717, 1.165) is 6.07 Å². The molecule has 2 unspecified atom stereocenters. The highest BCUT2D eigenvalue weighted by atomic mass is 19.4. The van der Waals surface area contributed by atoms with Gasteiger partial charge in [0.1, 0.15) is 11.6 Å². The molecule has 1 aromatic rings. The second-order valence-electron chi connectivity index (χ2n) is 5.89. The molecule has 120 valence electrons. The van der Waals surface area contributed by atoms with Crippen LogP contribution in [-0.2, 0) is 5.41 Å². The van der Waals surface area contributed by atoms with Gasteiger partial charge in [0.05, 0.1) is 6.61 Å². The second kappa shape index (κ2) is 5.47. The van der Waals surface area contributed by atoms with E-state index in [0.29, 0.717) is 11.3 Å². The molecule has 1 heterocycles. The third kappa shape index (κ3) is 2.91. The number of terminal acetylenes is 1. The normalized spacial score (nSPS) is 23.9. The Morgan fingerprint density at radius 2 is 2.09 bits per heavy atom. The molecule has 0 aliphatic carbocycles. The Morgan fingerprint density at radius 1 is 1.41 bits per heavy atom. The summed E-state index contributed by atoms with van der Waals surface area (Å²) in [6.07, 6.45) is -1.15. The number of halogens is 4. The quantitative estimate of drug-likeness (QED) is 0.682. The molecule has 1 aliphatic rings. The molecule has 0 radical (unpaired) electrons. The Kier molecular flexibility index (Phi) is 4.14. The molecule has 2 nitrogen and oxygen atoms in total. The molecular weight excluding hydrogens is 300 g/mol. The Morgan fingerprint density at radius 3 is 2.68 bits per heavy atom. The molecule has 6 heteroatoms. The van der Waals surface area contributed by atoms with Crippen molar-refractivity contribution in [1.82, 2.24) is 0 Å². The molecule has 22 heavy (non-hydrogen) atoms. The summed E-state index contributed by atoms with van der Waals surface area (Å²) in [6, 6.07) is 3.72. The zero-order chi connectivity index (χ0) is 16.6. The number of aliphatic hydroxyl groups is 1. The summed E-state index contributed by atoms with van der Waals surface area (Å²) in [7, 11) is 0. The minimum atomic E-state index is -4.87. The fourth-order valence-electron chi connectivity index (χ4n) is 2.88. The molecular formula is C16H16F4O2. The van der Waals surface area contributed by atoms with Crippen molar-refractivity contribution in [3.05, 3.63) is 29.6 Å². The van der Waals surface area contributed by atoms with Crippen molar-refractivity contribution in [1.29, 1.82) is 0 Å². The molecule has 0 amide bonds. The predicted molar refractivity (Wildman–Crippen MR) is 72.9 cm³/mol. The van der Waals surface area contributed by atoms with Crippen LogP contribution in [0, 0.1) is 18.2 Å². The Balaban J connectivity index is 2.45. The maximum Gasteiger partial charge on any atom is 0.418 e. The highest BCUT2D eigenvalue weighted by Gasteiger charge is 2.56. The number of hydrogen-bond donors (Lipinski definition) is 1. The van der Waals surface area contributed by atoms with Gasteiger partial charge >= 0.3 is 6.18 Å². The molecule has 0 aromatic heterocycles. The second-order valence-corrected chi connectivity index (χ2v) is 5.89. The molecule has 1 N–H and O–H groups in total. The van der Waals surface area contributed by atoms with E-state index in [4.69, 9.17) is 11.2 Å². The van der Waals surface area contributed by atoms with E-state index in [9.17, 15) is 22.7 Å². The monoisotopic (exact) mass is 316 g/mol. The molecule has 0 saturated heterocycles. The predicted octanol–water partition coefficient (Wildman–Crippen LogP) is 3.57. The number of alkyl halides is 3. The maximum absolute atomic E-state index is 13.5. The van der Waals surface area contributed by atoms with Gasteiger partial charge in [0.25, 0.3) is 0 Å². The largest absolute Gasteiger partial charge is 0.493 e. The van der Waals surface area contributed by atoms with Gasteiger partial charge in [-0.25, -0.2) is 4.39 Å². The van der Waals surface area contributed by atoms with E-state index in [1.54, 1.807) is 6.92 Å². The molecule has 0 saturated carbocycles. The van der Waals surface area contributed by atoms with Crippen molar-refractivity contribution in [3.63, 3.8) is 0 Å². The number of fused-ring (bicyclic) bond motifs is 1. The van der Waals surface area contributed by atoms with Gasteiger partial charge in [-0.1, -0.05) is 6.92 Å². The van der Waals surface area contributed by atoms with E-state index in [1.807, 2.05) is 5.92 Å². The van der Waals surface area contributed by atoms with Gasteiger partial charge in [-0.15, -0.1) is 12.3 Å². The summed E-state index contributed by atoms with van der Waals surface area (Å²) in [5.41, 5.74) is -3.78. The molecule has 2 rings (SSSR count). The molecule has 2 atom stereocenters. The average molecular weight is 316 g/mol. The summed E-state index contributed by atoms with van der Waals surface area (Å²) in [4.78, 5) is 0. The van der Waals surface area contributed by atoms with Gasteiger partial charge in [0.15, 0.2) is 5.60 Å². The number of benzene rings is 1. The van der Waals surface area contributed by atoms with E-state index in [1.165, 1.54) is 12.1 Å². The van der Waals surface area contributed by atoms with Gasteiger partial charge in [-0.2, -0.15) is 13.2 Å². The van der Waals surface area contributed by atoms with E-state index in [-0.39, 0.29) is 13.0 Å². The van der Waals surface area contributed by atoms with Crippen LogP contribution in [0.5, 0.6) is 5.75 Å². The van der Waals surface area contributed by atoms with Crippen LogP contribution < -0.4 is 4.74 Å². The fourth-order valence-corrected chi connectivity index (χ4v) is 2.88. The zero-order valence-corrected chi connectivity index (χ0v) is 12.0. The number of hydrogen-bond acceptors (Lipinski definition) is 2. The van der Waals surface area contributed by atoms with Crippen LogP contribution in [0.15, 0.2) is 18.2 Å². The molecule has 0 spiro atoms. The molecule has 1 aliphatic heterocycles. The zero-order valence-electron chi connectivity index (χ0n) is 12.0. The average Bonchev–Trinajstić information content (AvgIpc) is 2.38. The van der Waals surface area contributed by atoms with Crippen molar-refractivity contribution in [2.45, 2.75) is 43.4 Å². The first-order chi connectivity index (χ1) is 10.1. The molecule has 0 bridgehead atoms. The summed E-state index contributed by atoms with van der Waals surface area (Å²) in [5, 5.41) is 10.1. The van der Waals surface area contributed by atoms with E-state index in [2.05, 4.69) is 0 Å². The van der Waals surface area contributed by atoms with Crippen molar-refractivity contribution in [2.24, 2.45) is 0 Å². The van der Waals surface area contributed by atoms with Crippen LogP contribution in [0.4, 0.5) is 17.6 Å². The summed E-state index contributed by atoms with van der Waals surface area (Å²) >= 11 is 0. The topological polar surface area (TPSA) is 29.5 Å². The Labute approximate surface area is 126 Å². The first kappa shape index (κ1) is 16.6. The van der Waals surface area contributed by atoms with E-state index >= 15 is 0 Å². The van der Waals surface area contributed by atoms with Crippen LogP contribution in [0.2, 0.25) is 0 Å².